The van der Waals surface area contributed by atoms with Crippen molar-refractivity contribution in [1.82, 2.24) is 10.2 Å². The molecule has 0 saturated heterocycles. The number of benzene rings is 3. The monoisotopic (exact) mass is 555 g/mol. The zero-order valence-electron chi connectivity index (χ0n) is 21.9. The summed E-state index contributed by atoms with van der Waals surface area (Å²) < 4.78 is 28.8. The molecule has 0 aliphatic rings. The summed E-state index contributed by atoms with van der Waals surface area (Å²) in [6.45, 7) is 5.69. The van der Waals surface area contributed by atoms with Crippen LogP contribution in [-0.4, -0.2) is 44.3 Å². The quantitative estimate of drug-likeness (QED) is 0.334. The smallest absolute Gasteiger partial charge is 0.264 e. The number of amides is 2. The van der Waals surface area contributed by atoms with Crippen molar-refractivity contribution < 1.29 is 18.0 Å². The van der Waals surface area contributed by atoms with Crippen LogP contribution in [0, 0.1) is 6.92 Å². The van der Waals surface area contributed by atoms with Crippen LogP contribution in [0.25, 0.3) is 0 Å². The highest BCUT2D eigenvalue weighted by atomic mass is 35.5. The van der Waals surface area contributed by atoms with Gasteiger partial charge in [0.15, 0.2) is 0 Å². The Morgan fingerprint density at radius 2 is 1.58 bits per heavy atom. The molecule has 38 heavy (non-hydrogen) atoms. The van der Waals surface area contributed by atoms with Crippen molar-refractivity contribution in [2.24, 2.45) is 0 Å². The molecule has 0 aliphatic carbocycles. The van der Waals surface area contributed by atoms with Crippen LogP contribution >= 0.6 is 11.6 Å². The van der Waals surface area contributed by atoms with E-state index in [1.165, 1.54) is 23.1 Å². The van der Waals surface area contributed by atoms with Gasteiger partial charge in [0.1, 0.15) is 12.6 Å². The van der Waals surface area contributed by atoms with Gasteiger partial charge in [-0.1, -0.05) is 80.0 Å². The molecule has 2 amide bonds. The number of halogens is 1. The van der Waals surface area contributed by atoms with E-state index >= 15 is 0 Å². The van der Waals surface area contributed by atoms with Crippen molar-refractivity contribution in [2.75, 3.05) is 17.4 Å². The minimum Gasteiger partial charge on any atom is -0.354 e. The first-order chi connectivity index (χ1) is 18.2. The predicted molar refractivity (Wildman–Crippen MR) is 152 cm³/mol. The Balaban J connectivity index is 2.07. The van der Waals surface area contributed by atoms with Gasteiger partial charge in [0.2, 0.25) is 11.8 Å². The zero-order valence-corrected chi connectivity index (χ0v) is 23.5. The molecule has 0 radical (unpaired) electrons. The maximum Gasteiger partial charge on any atom is 0.264 e. The lowest BCUT2D eigenvalue weighted by molar-refractivity contribution is -0.140. The van der Waals surface area contributed by atoms with Crippen molar-refractivity contribution in [1.29, 1.82) is 0 Å². The van der Waals surface area contributed by atoms with Crippen LogP contribution in [0.4, 0.5) is 5.69 Å². The molecule has 0 bridgehead atoms. The number of sulfonamides is 1. The summed E-state index contributed by atoms with van der Waals surface area (Å²) in [5.41, 5.74) is 1.78. The van der Waals surface area contributed by atoms with Gasteiger partial charge in [-0.05, 0) is 55.2 Å². The van der Waals surface area contributed by atoms with E-state index in [1.807, 2.05) is 44.2 Å². The molecule has 0 aliphatic heterocycles. The van der Waals surface area contributed by atoms with Gasteiger partial charge in [0.25, 0.3) is 10.0 Å². The van der Waals surface area contributed by atoms with E-state index in [-0.39, 0.29) is 17.3 Å². The lowest BCUT2D eigenvalue weighted by Gasteiger charge is -2.33. The molecular formula is C29H34ClN3O4S. The molecule has 3 aromatic rings. The predicted octanol–water partition coefficient (Wildman–Crippen LogP) is 5.18. The number of hydrogen-bond donors (Lipinski definition) is 1. The topological polar surface area (TPSA) is 86.8 Å². The number of rotatable bonds is 12. The molecule has 1 N–H and O–H groups in total. The molecule has 0 fully saturated rings. The van der Waals surface area contributed by atoms with E-state index in [0.717, 1.165) is 16.3 Å². The fraction of sp³-hybridized carbons (Fsp3) is 0.310. The third-order valence-electron chi connectivity index (χ3n) is 6.18. The molecule has 0 heterocycles. The highest BCUT2D eigenvalue weighted by Gasteiger charge is 2.34. The van der Waals surface area contributed by atoms with Crippen LogP contribution in [0.5, 0.6) is 0 Å². The van der Waals surface area contributed by atoms with Gasteiger partial charge in [-0.2, -0.15) is 0 Å². The second-order valence-electron chi connectivity index (χ2n) is 8.98. The number of nitrogens with one attached hydrogen (secondary N) is 1. The van der Waals surface area contributed by atoms with E-state index in [9.17, 15) is 18.0 Å². The van der Waals surface area contributed by atoms with E-state index in [4.69, 9.17) is 11.6 Å². The summed E-state index contributed by atoms with van der Waals surface area (Å²) in [5.74, 6) is -0.763. The maximum atomic E-state index is 14.0. The summed E-state index contributed by atoms with van der Waals surface area (Å²) >= 11 is 6.26. The van der Waals surface area contributed by atoms with E-state index in [1.54, 1.807) is 37.3 Å². The second-order valence-corrected chi connectivity index (χ2v) is 11.3. The third kappa shape index (κ3) is 7.14. The largest absolute Gasteiger partial charge is 0.354 e. The summed E-state index contributed by atoms with van der Waals surface area (Å²) in [4.78, 5) is 28.6. The third-order valence-corrected chi connectivity index (χ3v) is 8.19. The highest BCUT2D eigenvalue weighted by molar-refractivity contribution is 7.92. The molecule has 1 atom stereocenters. The Hall–Kier alpha value is -3.36. The lowest BCUT2D eigenvalue weighted by Crippen LogP contribution is -2.52. The van der Waals surface area contributed by atoms with Crippen molar-refractivity contribution in [3.63, 3.8) is 0 Å². The Labute approximate surface area is 230 Å². The molecule has 0 saturated carbocycles. The molecule has 7 nitrogen and oxygen atoms in total. The van der Waals surface area contributed by atoms with Crippen LogP contribution in [0.2, 0.25) is 5.02 Å². The summed E-state index contributed by atoms with van der Waals surface area (Å²) in [6, 6.07) is 21.4. The Morgan fingerprint density at radius 1 is 0.947 bits per heavy atom. The van der Waals surface area contributed by atoms with Crippen LogP contribution in [0.15, 0.2) is 83.8 Å². The van der Waals surface area contributed by atoms with Gasteiger partial charge in [-0.25, -0.2) is 8.42 Å². The van der Waals surface area contributed by atoms with E-state index < -0.39 is 28.5 Å². The van der Waals surface area contributed by atoms with Crippen molar-refractivity contribution >= 4 is 39.1 Å². The molecule has 202 valence electrons. The van der Waals surface area contributed by atoms with Crippen molar-refractivity contribution in [3.05, 3.63) is 95.0 Å². The SMILES string of the molecule is CCCNC(=O)[C@@H](CC)N(Cc1ccccc1)C(=O)CN(c1cc(Cl)ccc1C)S(=O)(=O)c1ccccc1. The van der Waals surface area contributed by atoms with E-state index in [0.29, 0.717) is 29.2 Å². The van der Waals surface area contributed by atoms with Crippen LogP contribution in [0.3, 0.4) is 0 Å². The second kappa shape index (κ2) is 13.4. The van der Waals surface area contributed by atoms with Gasteiger partial charge < -0.3 is 10.2 Å². The Kier molecular flexibility index (Phi) is 10.3. The summed E-state index contributed by atoms with van der Waals surface area (Å²) in [7, 11) is -4.14. The van der Waals surface area contributed by atoms with Crippen molar-refractivity contribution in [2.45, 2.75) is 51.1 Å². The molecule has 0 unspecified atom stereocenters. The average Bonchev–Trinajstić information content (AvgIpc) is 2.92. The number of carbonyl (C=O) groups is 2. The molecule has 0 spiro atoms. The average molecular weight is 556 g/mol. The fourth-order valence-corrected chi connectivity index (χ4v) is 5.81. The highest BCUT2D eigenvalue weighted by Crippen LogP contribution is 2.30. The fourth-order valence-electron chi connectivity index (χ4n) is 4.15. The number of carbonyl (C=O) groups excluding carboxylic acids is 2. The normalized spacial score (nSPS) is 12.0. The molecular weight excluding hydrogens is 522 g/mol. The van der Waals surface area contributed by atoms with Gasteiger partial charge in [0.05, 0.1) is 10.6 Å². The first-order valence-electron chi connectivity index (χ1n) is 12.6. The molecule has 3 aromatic carbocycles. The van der Waals surface area contributed by atoms with Crippen LogP contribution < -0.4 is 9.62 Å². The number of aryl methyl sites for hydroxylation is 1. The zero-order chi connectivity index (χ0) is 27.7. The number of hydrogen-bond acceptors (Lipinski definition) is 4. The standard InChI is InChI=1S/C29H34ClN3O4S/c1-4-18-31-29(35)26(5-2)32(20-23-12-8-6-9-13-23)28(34)21-33(27-19-24(30)17-16-22(27)3)38(36,37)25-14-10-7-11-15-25/h6-17,19,26H,4-5,18,20-21H2,1-3H3,(H,31,35)/t26-/m1/s1. The van der Waals surface area contributed by atoms with E-state index in [2.05, 4.69) is 5.32 Å². The first-order valence-corrected chi connectivity index (χ1v) is 14.5. The minimum absolute atomic E-state index is 0.0505. The van der Waals surface area contributed by atoms with Gasteiger partial charge in [-0.15, -0.1) is 0 Å². The van der Waals surface area contributed by atoms with Crippen molar-refractivity contribution in [3.8, 4) is 0 Å². The number of anilines is 1. The molecule has 9 heteroatoms. The maximum absolute atomic E-state index is 14.0. The van der Waals surface area contributed by atoms with Gasteiger partial charge >= 0.3 is 0 Å². The van der Waals surface area contributed by atoms with Crippen LogP contribution in [-0.2, 0) is 26.2 Å². The van der Waals surface area contributed by atoms with Gasteiger partial charge in [-0.3, -0.25) is 13.9 Å². The summed E-state index contributed by atoms with van der Waals surface area (Å²) in [6.07, 6.45) is 1.13. The molecule has 3 rings (SSSR count). The minimum atomic E-state index is -4.14. The Bertz CT molecular complexity index is 1330. The van der Waals surface area contributed by atoms with Crippen LogP contribution in [0.1, 0.15) is 37.8 Å². The first kappa shape index (κ1) is 29.2. The molecule has 0 aromatic heterocycles. The lowest BCUT2D eigenvalue weighted by atomic mass is 10.1. The Morgan fingerprint density at radius 3 is 2.18 bits per heavy atom. The van der Waals surface area contributed by atoms with Gasteiger partial charge in [0, 0.05) is 18.1 Å². The summed E-state index contributed by atoms with van der Waals surface area (Å²) in [5, 5.41) is 3.23. The number of nitrogens with zero attached hydrogens (tertiary/aromatic N) is 2.